The summed E-state index contributed by atoms with van der Waals surface area (Å²) in [6.07, 6.45) is 4.65. The first-order valence-corrected chi connectivity index (χ1v) is 10.9. The number of carbonyl (C=O) groups is 1. The van der Waals surface area contributed by atoms with Crippen LogP contribution < -0.4 is 15.4 Å². The molecule has 178 valence electrons. The normalized spacial score (nSPS) is 17.1. The maximum Gasteiger partial charge on any atom is 0.237 e. The molecule has 34 heavy (non-hydrogen) atoms. The number of hydrogen-bond donors (Lipinski definition) is 2. The molecule has 1 saturated heterocycles. The number of benzene rings is 1. The second-order valence-electron chi connectivity index (χ2n) is 9.07. The summed E-state index contributed by atoms with van der Waals surface area (Å²) in [7, 11) is 1.37. The Kier molecular flexibility index (Phi) is 5.12. The molecule has 0 saturated carbocycles. The van der Waals surface area contributed by atoms with Crippen LogP contribution in [0, 0.1) is 5.82 Å². The third-order valence-corrected chi connectivity index (χ3v) is 5.82. The second-order valence-corrected chi connectivity index (χ2v) is 9.07. The minimum absolute atomic E-state index is 0.0479. The summed E-state index contributed by atoms with van der Waals surface area (Å²) < 4.78 is 22.4. The number of aromatic nitrogens is 6. The van der Waals surface area contributed by atoms with Crippen LogP contribution in [0.15, 0.2) is 24.5 Å². The van der Waals surface area contributed by atoms with Gasteiger partial charge in [-0.3, -0.25) is 9.48 Å². The van der Waals surface area contributed by atoms with Gasteiger partial charge in [0.1, 0.15) is 5.92 Å². The predicted molar refractivity (Wildman–Crippen MR) is 122 cm³/mol. The number of halogens is 1. The van der Waals surface area contributed by atoms with Crippen molar-refractivity contribution in [2.45, 2.75) is 44.8 Å². The van der Waals surface area contributed by atoms with Crippen LogP contribution in [-0.2, 0) is 11.3 Å². The molecule has 4 heterocycles. The van der Waals surface area contributed by atoms with E-state index in [1.165, 1.54) is 23.8 Å². The summed E-state index contributed by atoms with van der Waals surface area (Å²) in [5.41, 5.74) is 6.54. The number of anilines is 2. The lowest BCUT2D eigenvalue weighted by Gasteiger charge is -2.30. The number of ether oxygens (including phenoxy) is 1. The molecule has 11 nitrogen and oxygen atoms in total. The summed E-state index contributed by atoms with van der Waals surface area (Å²) in [5.74, 6) is -0.890. The molecule has 3 N–H and O–H groups in total. The first kappa shape index (κ1) is 22.0. The van der Waals surface area contributed by atoms with E-state index < -0.39 is 17.3 Å². The van der Waals surface area contributed by atoms with Crippen molar-refractivity contribution in [1.29, 1.82) is 0 Å². The second kappa shape index (κ2) is 7.90. The minimum atomic E-state index is -0.932. The zero-order valence-corrected chi connectivity index (χ0v) is 19.1. The number of nitrogen functional groups attached to an aromatic ring is 1. The van der Waals surface area contributed by atoms with Gasteiger partial charge in [0.15, 0.2) is 23.0 Å². The van der Waals surface area contributed by atoms with Crippen molar-refractivity contribution < 1.29 is 19.0 Å². The summed E-state index contributed by atoms with van der Waals surface area (Å²) in [5, 5.41) is 19.2. The number of carbonyl (C=O) groups excluding carboxylic acids is 1. The molecule has 1 aromatic carbocycles. The third kappa shape index (κ3) is 3.79. The van der Waals surface area contributed by atoms with Crippen molar-refractivity contribution in [3.63, 3.8) is 0 Å². The van der Waals surface area contributed by atoms with Crippen LogP contribution in [0.2, 0.25) is 0 Å². The molecule has 1 amide bonds. The average molecular weight is 468 g/mol. The lowest BCUT2D eigenvalue weighted by molar-refractivity contribution is -0.121. The fourth-order valence-corrected chi connectivity index (χ4v) is 4.30. The predicted octanol–water partition coefficient (Wildman–Crippen LogP) is 1.89. The third-order valence-electron chi connectivity index (χ3n) is 5.82. The quantitative estimate of drug-likeness (QED) is 0.453. The first-order chi connectivity index (χ1) is 16.1. The number of aliphatic hydroxyl groups is 1. The number of amides is 1. The smallest absolute Gasteiger partial charge is 0.237 e. The van der Waals surface area contributed by atoms with Gasteiger partial charge in [0.25, 0.3) is 0 Å². The van der Waals surface area contributed by atoms with Crippen LogP contribution in [0.3, 0.4) is 0 Å². The highest BCUT2D eigenvalue weighted by Gasteiger charge is 2.35. The van der Waals surface area contributed by atoms with Crippen LogP contribution in [0.4, 0.5) is 16.0 Å². The molecule has 0 unspecified atom stereocenters. The molecule has 1 aliphatic heterocycles. The fourth-order valence-electron chi connectivity index (χ4n) is 4.30. The highest BCUT2D eigenvalue weighted by atomic mass is 19.1. The molecule has 4 aromatic rings. The largest absolute Gasteiger partial charge is 0.494 e. The maximum atomic E-state index is 14.4. The highest BCUT2D eigenvalue weighted by Crippen LogP contribution is 2.32. The molecule has 0 radical (unpaired) electrons. The molecule has 1 atom stereocenters. The van der Waals surface area contributed by atoms with Gasteiger partial charge in [0.05, 0.1) is 36.7 Å². The van der Waals surface area contributed by atoms with E-state index in [-0.39, 0.29) is 17.6 Å². The first-order valence-electron chi connectivity index (χ1n) is 10.9. The Morgan fingerprint density at radius 3 is 2.85 bits per heavy atom. The van der Waals surface area contributed by atoms with Crippen molar-refractivity contribution in [3.05, 3.63) is 36.2 Å². The van der Waals surface area contributed by atoms with Gasteiger partial charge in [-0.05, 0) is 32.8 Å². The van der Waals surface area contributed by atoms with E-state index in [1.807, 2.05) is 0 Å². The molecule has 0 spiro atoms. The number of nitrogens with two attached hydrogens (primary N) is 1. The Bertz CT molecular complexity index is 1410. The Morgan fingerprint density at radius 2 is 2.12 bits per heavy atom. The van der Waals surface area contributed by atoms with Crippen molar-refractivity contribution >= 4 is 34.1 Å². The number of rotatable bonds is 5. The Morgan fingerprint density at radius 1 is 1.32 bits per heavy atom. The van der Waals surface area contributed by atoms with E-state index in [0.29, 0.717) is 47.6 Å². The Hall–Kier alpha value is -3.80. The topological polar surface area (TPSA) is 137 Å². The number of methoxy groups -OCH3 is 1. The Balaban J connectivity index is 1.51. The lowest BCUT2D eigenvalue weighted by Crippen LogP contribution is -2.40. The Labute approximate surface area is 194 Å². The summed E-state index contributed by atoms with van der Waals surface area (Å²) >= 11 is 0. The number of nitrogens with zero attached hydrogens (tertiary/aromatic N) is 7. The summed E-state index contributed by atoms with van der Waals surface area (Å²) in [6.45, 7) is 4.22. The number of fused-ring (bicyclic) bond motifs is 3. The van der Waals surface area contributed by atoms with Gasteiger partial charge >= 0.3 is 0 Å². The molecule has 12 heteroatoms. The van der Waals surface area contributed by atoms with Gasteiger partial charge in [0.2, 0.25) is 11.9 Å². The van der Waals surface area contributed by atoms with Gasteiger partial charge in [-0.15, -0.1) is 5.10 Å². The van der Waals surface area contributed by atoms with Crippen LogP contribution in [0.5, 0.6) is 5.75 Å². The minimum Gasteiger partial charge on any atom is -0.494 e. The standard InChI is InChI=1S/C22H25FN8O3/c1-22(2,33)11-29-10-12(9-25-29)30-6-4-5-13(20(30)32)18-27-19-14-7-15(23)17(34-3)8-16(14)26-21(24)31(19)28-18/h7-10,13,33H,4-6,11H2,1-3H3,(H2,24,26)/t13-/m0/s1. The van der Waals surface area contributed by atoms with Crippen molar-refractivity contribution in [1.82, 2.24) is 29.4 Å². The van der Waals surface area contributed by atoms with Gasteiger partial charge in [-0.2, -0.15) is 9.61 Å². The molecule has 0 bridgehead atoms. The summed E-state index contributed by atoms with van der Waals surface area (Å²) in [6, 6.07) is 2.73. The van der Waals surface area contributed by atoms with Crippen LogP contribution >= 0.6 is 0 Å². The summed E-state index contributed by atoms with van der Waals surface area (Å²) in [4.78, 5) is 23.9. The van der Waals surface area contributed by atoms with Crippen LogP contribution in [0.25, 0.3) is 16.6 Å². The van der Waals surface area contributed by atoms with Crippen molar-refractivity contribution in [2.75, 3.05) is 24.3 Å². The van der Waals surface area contributed by atoms with E-state index in [9.17, 15) is 14.3 Å². The molecular formula is C22H25FN8O3. The molecule has 1 fully saturated rings. The average Bonchev–Trinajstić information content (AvgIpc) is 3.41. The van der Waals surface area contributed by atoms with Gasteiger partial charge in [-0.25, -0.2) is 14.4 Å². The van der Waals surface area contributed by atoms with Gasteiger partial charge in [0, 0.05) is 24.2 Å². The van der Waals surface area contributed by atoms with E-state index in [4.69, 9.17) is 10.5 Å². The van der Waals surface area contributed by atoms with Gasteiger partial charge in [-0.1, -0.05) is 0 Å². The zero-order chi connectivity index (χ0) is 24.2. The molecular weight excluding hydrogens is 443 g/mol. The van der Waals surface area contributed by atoms with Crippen molar-refractivity contribution in [2.24, 2.45) is 0 Å². The van der Waals surface area contributed by atoms with Crippen molar-refractivity contribution in [3.8, 4) is 5.75 Å². The number of hydrogen-bond acceptors (Lipinski definition) is 8. The zero-order valence-electron chi connectivity index (χ0n) is 19.1. The monoisotopic (exact) mass is 468 g/mol. The van der Waals surface area contributed by atoms with E-state index in [2.05, 4.69) is 20.2 Å². The maximum absolute atomic E-state index is 14.4. The molecule has 1 aliphatic rings. The number of piperidine rings is 1. The fraction of sp³-hybridized carbons (Fsp3) is 0.409. The molecule has 0 aliphatic carbocycles. The molecule has 5 rings (SSSR count). The van der Waals surface area contributed by atoms with E-state index >= 15 is 0 Å². The highest BCUT2D eigenvalue weighted by molar-refractivity contribution is 5.98. The molecule has 3 aromatic heterocycles. The van der Waals surface area contributed by atoms with E-state index in [1.54, 1.807) is 35.8 Å². The lowest BCUT2D eigenvalue weighted by atomic mass is 9.96. The van der Waals surface area contributed by atoms with Crippen LogP contribution in [-0.4, -0.2) is 59.6 Å². The SMILES string of the molecule is COc1cc2nc(N)n3nc([C@@H]4CCCN(c5cnn(CC(C)(C)O)c5)C4=O)nc3c2cc1F. The van der Waals surface area contributed by atoms with Crippen LogP contribution in [0.1, 0.15) is 38.4 Å². The van der Waals surface area contributed by atoms with E-state index in [0.717, 1.165) is 6.42 Å². The van der Waals surface area contributed by atoms with Gasteiger partial charge < -0.3 is 20.5 Å².